The average Bonchev–Trinajstić information content (AvgIpc) is 2.51. The van der Waals surface area contributed by atoms with Crippen LogP contribution in [-0.4, -0.2) is 19.3 Å². The van der Waals surface area contributed by atoms with Gasteiger partial charge in [0.05, 0.1) is 12.8 Å². The fraction of sp³-hybridized carbons (Fsp3) is 0.368. The van der Waals surface area contributed by atoms with Crippen molar-refractivity contribution in [1.29, 1.82) is 0 Å². The Labute approximate surface area is 137 Å². The zero-order valence-corrected chi connectivity index (χ0v) is 14.4. The first-order chi connectivity index (χ1) is 10.8. The van der Waals surface area contributed by atoms with Gasteiger partial charge in [0.25, 0.3) is 0 Å². The summed E-state index contributed by atoms with van der Waals surface area (Å²) < 4.78 is 10.8. The van der Waals surface area contributed by atoms with Gasteiger partial charge in [-0.1, -0.05) is 32.9 Å². The molecule has 3 N–H and O–H groups in total. The number of rotatable bonds is 4. The van der Waals surface area contributed by atoms with E-state index in [1.54, 1.807) is 14.2 Å². The summed E-state index contributed by atoms with van der Waals surface area (Å²) >= 11 is 0. The number of phenols is 1. The first-order valence-corrected chi connectivity index (χ1v) is 7.57. The van der Waals surface area contributed by atoms with E-state index in [4.69, 9.17) is 15.2 Å². The van der Waals surface area contributed by atoms with E-state index in [-0.39, 0.29) is 11.2 Å². The van der Waals surface area contributed by atoms with Gasteiger partial charge in [0.1, 0.15) is 17.6 Å². The van der Waals surface area contributed by atoms with Crippen molar-refractivity contribution in [3.63, 3.8) is 0 Å². The summed E-state index contributed by atoms with van der Waals surface area (Å²) in [6.45, 7) is 6.33. The number of aromatic hydroxyl groups is 1. The Balaban J connectivity index is 2.53. The fourth-order valence-electron chi connectivity index (χ4n) is 2.53. The third-order valence-electron chi connectivity index (χ3n) is 3.97. The van der Waals surface area contributed by atoms with Crippen molar-refractivity contribution in [2.45, 2.75) is 32.3 Å². The molecule has 0 heterocycles. The molecule has 0 aliphatic rings. The summed E-state index contributed by atoms with van der Waals surface area (Å²) in [5.41, 5.74) is 8.95. The molecule has 0 saturated carbocycles. The fourth-order valence-corrected chi connectivity index (χ4v) is 2.53. The molecule has 1 atom stereocenters. The molecule has 0 saturated heterocycles. The lowest BCUT2D eigenvalue weighted by Crippen LogP contribution is -2.14. The highest BCUT2D eigenvalue weighted by Gasteiger charge is 2.23. The van der Waals surface area contributed by atoms with E-state index >= 15 is 0 Å². The first kappa shape index (κ1) is 17.2. The maximum atomic E-state index is 10.4. The van der Waals surface area contributed by atoms with Crippen molar-refractivity contribution in [3.8, 4) is 11.5 Å². The van der Waals surface area contributed by atoms with Crippen molar-refractivity contribution in [3.05, 3.63) is 53.1 Å². The van der Waals surface area contributed by atoms with Crippen LogP contribution in [0.2, 0.25) is 0 Å². The first-order valence-electron chi connectivity index (χ1n) is 7.57. The Bertz CT molecular complexity index is 672. The van der Waals surface area contributed by atoms with Crippen LogP contribution in [0.15, 0.2) is 36.4 Å². The SMILES string of the molecule is COc1ccc(C(OC)c2cc(C(C)(C)C)cc(N)c2O)cc1. The third kappa shape index (κ3) is 3.59. The van der Waals surface area contributed by atoms with Gasteiger partial charge in [-0.2, -0.15) is 0 Å². The standard InChI is InChI=1S/C19H25NO3/c1-19(2,3)13-10-15(17(21)16(20)11-13)18(23-5)12-6-8-14(22-4)9-7-12/h6-11,18,21H,20H2,1-5H3. The number of nitrogen functional groups attached to an aromatic ring is 1. The molecule has 0 bridgehead atoms. The number of hydrogen-bond donors (Lipinski definition) is 2. The maximum absolute atomic E-state index is 10.4. The molecule has 4 heteroatoms. The molecule has 0 fully saturated rings. The quantitative estimate of drug-likeness (QED) is 0.661. The topological polar surface area (TPSA) is 64.7 Å². The van der Waals surface area contributed by atoms with Gasteiger partial charge in [-0.05, 0) is 40.8 Å². The number of phenolic OH excluding ortho intramolecular Hbond substituents is 1. The lowest BCUT2D eigenvalue weighted by Gasteiger charge is -2.24. The Hall–Kier alpha value is -2.20. The molecule has 0 aromatic heterocycles. The van der Waals surface area contributed by atoms with Crippen LogP contribution in [-0.2, 0) is 10.2 Å². The predicted octanol–water partition coefficient (Wildman–Crippen LogP) is 4.02. The molecule has 0 spiro atoms. The van der Waals surface area contributed by atoms with Crippen LogP contribution in [0.4, 0.5) is 5.69 Å². The molecule has 2 aromatic carbocycles. The second-order valence-corrected chi connectivity index (χ2v) is 6.64. The van der Waals surface area contributed by atoms with Crippen molar-refractivity contribution >= 4 is 5.69 Å². The molecule has 0 radical (unpaired) electrons. The van der Waals surface area contributed by atoms with E-state index in [0.717, 1.165) is 16.9 Å². The predicted molar refractivity (Wildman–Crippen MR) is 93.1 cm³/mol. The van der Waals surface area contributed by atoms with E-state index in [1.165, 1.54) is 0 Å². The number of benzene rings is 2. The lowest BCUT2D eigenvalue weighted by atomic mass is 9.84. The lowest BCUT2D eigenvalue weighted by molar-refractivity contribution is 0.134. The van der Waals surface area contributed by atoms with E-state index < -0.39 is 6.10 Å². The summed E-state index contributed by atoms with van der Waals surface area (Å²) in [6, 6.07) is 11.4. The number of hydrogen-bond acceptors (Lipinski definition) is 4. The summed E-state index contributed by atoms with van der Waals surface area (Å²) in [6.07, 6.45) is -0.398. The van der Waals surface area contributed by atoms with Crippen LogP contribution >= 0.6 is 0 Å². The largest absolute Gasteiger partial charge is 0.505 e. The highest BCUT2D eigenvalue weighted by Crippen LogP contribution is 2.39. The van der Waals surface area contributed by atoms with Gasteiger partial charge in [0, 0.05) is 12.7 Å². The molecule has 0 aliphatic heterocycles. The number of nitrogens with two attached hydrogens (primary N) is 1. The highest BCUT2D eigenvalue weighted by atomic mass is 16.5. The molecule has 2 aromatic rings. The van der Waals surface area contributed by atoms with Gasteiger partial charge in [-0.25, -0.2) is 0 Å². The smallest absolute Gasteiger partial charge is 0.144 e. The Morgan fingerprint density at radius 1 is 1.04 bits per heavy atom. The minimum Gasteiger partial charge on any atom is -0.505 e. The van der Waals surface area contributed by atoms with Crippen LogP contribution in [0, 0.1) is 0 Å². The van der Waals surface area contributed by atoms with Gasteiger partial charge in [0.2, 0.25) is 0 Å². The van der Waals surface area contributed by atoms with Gasteiger partial charge in [-0.3, -0.25) is 0 Å². The Kier molecular flexibility index (Phi) is 4.85. The van der Waals surface area contributed by atoms with Crippen LogP contribution in [0.3, 0.4) is 0 Å². The zero-order chi connectivity index (χ0) is 17.2. The summed E-state index contributed by atoms with van der Waals surface area (Å²) in [5, 5.41) is 10.4. The van der Waals surface area contributed by atoms with E-state index in [0.29, 0.717) is 11.3 Å². The minimum absolute atomic E-state index is 0.0701. The molecule has 1 unspecified atom stereocenters. The molecular formula is C19H25NO3. The van der Waals surface area contributed by atoms with E-state index in [9.17, 15) is 5.11 Å². The molecule has 0 amide bonds. The van der Waals surface area contributed by atoms with Crippen LogP contribution in [0.1, 0.15) is 43.6 Å². The molecule has 2 rings (SSSR count). The summed E-state index contributed by atoms with van der Waals surface area (Å²) in [4.78, 5) is 0. The van der Waals surface area contributed by atoms with Crippen molar-refractivity contribution in [2.24, 2.45) is 0 Å². The number of ether oxygens (including phenoxy) is 2. The maximum Gasteiger partial charge on any atom is 0.144 e. The minimum atomic E-state index is -0.398. The van der Waals surface area contributed by atoms with Gasteiger partial charge in [0.15, 0.2) is 0 Å². The number of anilines is 1. The molecule has 0 aliphatic carbocycles. The normalized spacial score (nSPS) is 12.9. The molecule has 23 heavy (non-hydrogen) atoms. The Morgan fingerprint density at radius 3 is 2.13 bits per heavy atom. The second kappa shape index (κ2) is 6.50. The van der Waals surface area contributed by atoms with Crippen LogP contribution < -0.4 is 10.5 Å². The third-order valence-corrected chi connectivity index (χ3v) is 3.97. The molecule has 124 valence electrons. The average molecular weight is 315 g/mol. The summed E-state index contributed by atoms with van der Waals surface area (Å²) in [7, 11) is 3.25. The highest BCUT2D eigenvalue weighted by molar-refractivity contribution is 5.61. The van der Waals surface area contributed by atoms with Crippen LogP contribution in [0.5, 0.6) is 11.5 Å². The molecular weight excluding hydrogens is 290 g/mol. The monoisotopic (exact) mass is 315 g/mol. The van der Waals surface area contributed by atoms with Crippen LogP contribution in [0.25, 0.3) is 0 Å². The molecule has 4 nitrogen and oxygen atoms in total. The Morgan fingerprint density at radius 2 is 1.65 bits per heavy atom. The van der Waals surface area contributed by atoms with Crippen molar-refractivity contribution in [1.82, 2.24) is 0 Å². The van der Waals surface area contributed by atoms with Gasteiger partial charge < -0.3 is 20.3 Å². The van der Waals surface area contributed by atoms with Crippen molar-refractivity contribution in [2.75, 3.05) is 20.0 Å². The zero-order valence-electron chi connectivity index (χ0n) is 14.4. The second-order valence-electron chi connectivity index (χ2n) is 6.64. The van der Waals surface area contributed by atoms with Crippen molar-refractivity contribution < 1.29 is 14.6 Å². The summed E-state index contributed by atoms with van der Waals surface area (Å²) in [5.74, 6) is 0.844. The van der Waals surface area contributed by atoms with Gasteiger partial charge in [-0.15, -0.1) is 0 Å². The number of methoxy groups -OCH3 is 2. The van der Waals surface area contributed by atoms with E-state index in [1.807, 2.05) is 36.4 Å². The van der Waals surface area contributed by atoms with E-state index in [2.05, 4.69) is 20.8 Å². The van der Waals surface area contributed by atoms with Gasteiger partial charge >= 0.3 is 0 Å².